The lowest BCUT2D eigenvalue weighted by molar-refractivity contribution is 0.267. The number of nitrogens with one attached hydrogen (secondary N) is 2. The van der Waals surface area contributed by atoms with Crippen LogP contribution in [0.1, 0.15) is 31.2 Å². The summed E-state index contributed by atoms with van der Waals surface area (Å²) < 4.78 is 2.12. The first-order chi connectivity index (χ1) is 11.7. The molecule has 0 radical (unpaired) electrons. The second-order valence-corrected chi connectivity index (χ2v) is 6.36. The fourth-order valence-electron chi connectivity index (χ4n) is 3.44. The molecule has 0 amide bonds. The van der Waals surface area contributed by atoms with Crippen LogP contribution in [0.4, 0.5) is 0 Å². The molecule has 1 unspecified atom stereocenters. The molecule has 1 aliphatic heterocycles. The zero-order valence-corrected chi connectivity index (χ0v) is 14.9. The molecule has 1 fully saturated rings. The van der Waals surface area contributed by atoms with E-state index < -0.39 is 0 Å². The Hall–Kier alpha value is -2.08. The van der Waals surface area contributed by atoms with E-state index in [4.69, 9.17) is 0 Å². The number of nitrogens with zero attached hydrogens (tertiary/aromatic N) is 4. The summed E-state index contributed by atoms with van der Waals surface area (Å²) in [5.41, 5.74) is 3.19. The molecule has 6 nitrogen and oxygen atoms in total. The van der Waals surface area contributed by atoms with Crippen molar-refractivity contribution in [1.82, 2.24) is 24.9 Å². The number of aliphatic imine (C=N–C) groups is 1. The first kappa shape index (κ1) is 16.8. The number of likely N-dealkylation sites (tertiary alicyclic amines) is 1. The molecule has 130 valence electrons. The SMILES string of the molecule is CCN1CCCC1CNC(=NC)NCc1cn2c(C)cccc2n1. The Morgan fingerprint density at radius 3 is 3.00 bits per heavy atom. The molecule has 1 aliphatic rings. The van der Waals surface area contributed by atoms with Crippen LogP contribution in [0.25, 0.3) is 5.65 Å². The van der Waals surface area contributed by atoms with Crippen molar-refractivity contribution in [3.8, 4) is 0 Å². The van der Waals surface area contributed by atoms with Crippen LogP contribution in [0.5, 0.6) is 0 Å². The Morgan fingerprint density at radius 1 is 1.38 bits per heavy atom. The van der Waals surface area contributed by atoms with E-state index in [-0.39, 0.29) is 0 Å². The Labute approximate surface area is 144 Å². The largest absolute Gasteiger partial charge is 0.355 e. The number of pyridine rings is 1. The third-order valence-corrected chi connectivity index (χ3v) is 4.82. The fraction of sp³-hybridized carbons (Fsp3) is 0.556. The van der Waals surface area contributed by atoms with Crippen molar-refractivity contribution < 1.29 is 0 Å². The van der Waals surface area contributed by atoms with Gasteiger partial charge in [-0.3, -0.25) is 9.89 Å². The maximum absolute atomic E-state index is 4.65. The van der Waals surface area contributed by atoms with Gasteiger partial charge in [0.05, 0.1) is 12.2 Å². The summed E-state index contributed by atoms with van der Waals surface area (Å²) >= 11 is 0. The average molecular weight is 328 g/mol. The van der Waals surface area contributed by atoms with Gasteiger partial charge in [-0.15, -0.1) is 0 Å². The van der Waals surface area contributed by atoms with Crippen molar-refractivity contribution in [2.45, 2.75) is 39.3 Å². The van der Waals surface area contributed by atoms with Gasteiger partial charge in [0.1, 0.15) is 5.65 Å². The number of hydrogen-bond donors (Lipinski definition) is 2. The van der Waals surface area contributed by atoms with Gasteiger partial charge in [-0.05, 0) is 45.0 Å². The minimum absolute atomic E-state index is 0.617. The molecule has 24 heavy (non-hydrogen) atoms. The number of hydrogen-bond acceptors (Lipinski definition) is 3. The van der Waals surface area contributed by atoms with Crippen LogP contribution < -0.4 is 10.6 Å². The van der Waals surface area contributed by atoms with E-state index in [1.807, 2.05) is 19.2 Å². The van der Waals surface area contributed by atoms with Crippen molar-refractivity contribution >= 4 is 11.6 Å². The second kappa shape index (κ2) is 7.66. The lowest BCUT2D eigenvalue weighted by atomic mass is 10.2. The highest BCUT2D eigenvalue weighted by molar-refractivity contribution is 5.79. The smallest absolute Gasteiger partial charge is 0.191 e. The summed E-state index contributed by atoms with van der Waals surface area (Å²) in [5, 5.41) is 6.82. The van der Waals surface area contributed by atoms with Gasteiger partial charge in [0.25, 0.3) is 0 Å². The van der Waals surface area contributed by atoms with Crippen LogP contribution in [0.3, 0.4) is 0 Å². The van der Waals surface area contributed by atoms with Crippen LogP contribution in [0.15, 0.2) is 29.4 Å². The summed E-state index contributed by atoms with van der Waals surface area (Å²) in [4.78, 5) is 11.5. The molecular weight excluding hydrogens is 300 g/mol. The van der Waals surface area contributed by atoms with Gasteiger partial charge in [0, 0.05) is 31.5 Å². The molecule has 2 aromatic heterocycles. The number of aromatic nitrogens is 2. The summed E-state index contributed by atoms with van der Waals surface area (Å²) in [5.74, 6) is 0.840. The number of guanidine groups is 1. The van der Waals surface area contributed by atoms with Gasteiger partial charge in [-0.2, -0.15) is 0 Å². The van der Waals surface area contributed by atoms with E-state index in [2.05, 4.69) is 56.0 Å². The highest BCUT2D eigenvalue weighted by Crippen LogP contribution is 2.15. The van der Waals surface area contributed by atoms with Gasteiger partial charge in [0.2, 0.25) is 0 Å². The molecule has 0 aromatic carbocycles. The number of aryl methyl sites for hydroxylation is 1. The zero-order chi connectivity index (χ0) is 16.9. The van der Waals surface area contributed by atoms with Crippen molar-refractivity contribution in [3.63, 3.8) is 0 Å². The molecule has 0 saturated carbocycles. The average Bonchev–Trinajstić information content (AvgIpc) is 3.21. The van der Waals surface area contributed by atoms with E-state index in [1.54, 1.807) is 0 Å². The number of likely N-dealkylation sites (N-methyl/N-ethyl adjacent to an activating group) is 1. The molecule has 3 rings (SSSR count). The van der Waals surface area contributed by atoms with E-state index in [1.165, 1.54) is 25.1 Å². The lowest BCUT2D eigenvalue weighted by Gasteiger charge is -2.23. The van der Waals surface area contributed by atoms with Crippen LogP contribution in [-0.4, -0.2) is 53.0 Å². The van der Waals surface area contributed by atoms with E-state index in [0.717, 1.165) is 30.4 Å². The van der Waals surface area contributed by atoms with E-state index in [0.29, 0.717) is 12.6 Å². The predicted molar refractivity (Wildman–Crippen MR) is 98.4 cm³/mol. The molecule has 2 N–H and O–H groups in total. The van der Waals surface area contributed by atoms with Gasteiger partial charge in [-0.25, -0.2) is 4.98 Å². The van der Waals surface area contributed by atoms with E-state index in [9.17, 15) is 0 Å². The quantitative estimate of drug-likeness (QED) is 0.649. The topological polar surface area (TPSA) is 57.0 Å². The Balaban J connectivity index is 1.54. The van der Waals surface area contributed by atoms with Crippen LogP contribution in [0, 0.1) is 6.92 Å². The van der Waals surface area contributed by atoms with Gasteiger partial charge in [0.15, 0.2) is 5.96 Å². The number of imidazole rings is 1. The Kier molecular flexibility index (Phi) is 5.35. The molecule has 0 bridgehead atoms. The maximum Gasteiger partial charge on any atom is 0.191 e. The molecule has 3 heterocycles. The van der Waals surface area contributed by atoms with Gasteiger partial charge >= 0.3 is 0 Å². The monoisotopic (exact) mass is 328 g/mol. The van der Waals surface area contributed by atoms with Gasteiger partial charge in [-0.1, -0.05) is 13.0 Å². The Morgan fingerprint density at radius 2 is 2.25 bits per heavy atom. The number of fused-ring (bicyclic) bond motifs is 1. The minimum atomic E-state index is 0.617. The third-order valence-electron chi connectivity index (χ3n) is 4.82. The normalized spacial score (nSPS) is 19.1. The zero-order valence-electron chi connectivity index (χ0n) is 14.9. The summed E-state index contributed by atoms with van der Waals surface area (Å²) in [7, 11) is 1.81. The lowest BCUT2D eigenvalue weighted by Crippen LogP contribution is -2.44. The third kappa shape index (κ3) is 3.70. The highest BCUT2D eigenvalue weighted by atomic mass is 15.2. The van der Waals surface area contributed by atoms with Crippen molar-refractivity contribution in [2.75, 3.05) is 26.7 Å². The minimum Gasteiger partial charge on any atom is -0.355 e. The fourth-order valence-corrected chi connectivity index (χ4v) is 3.44. The van der Waals surface area contributed by atoms with Crippen LogP contribution in [0.2, 0.25) is 0 Å². The molecule has 0 spiro atoms. The van der Waals surface area contributed by atoms with Gasteiger partial charge < -0.3 is 15.0 Å². The molecular formula is C18H28N6. The van der Waals surface area contributed by atoms with Crippen LogP contribution >= 0.6 is 0 Å². The van der Waals surface area contributed by atoms with E-state index >= 15 is 0 Å². The molecule has 1 atom stereocenters. The van der Waals surface area contributed by atoms with Crippen molar-refractivity contribution in [2.24, 2.45) is 4.99 Å². The standard InChI is InChI=1S/C18H28N6/c1-4-23-10-6-8-16(23)12-21-18(19-3)20-11-15-13-24-14(2)7-5-9-17(24)22-15/h5,7,9,13,16H,4,6,8,10-12H2,1-3H3,(H2,19,20,21). The highest BCUT2D eigenvalue weighted by Gasteiger charge is 2.22. The second-order valence-electron chi connectivity index (χ2n) is 6.36. The Bertz CT molecular complexity index is 705. The summed E-state index contributed by atoms with van der Waals surface area (Å²) in [6.45, 7) is 8.28. The van der Waals surface area contributed by atoms with Crippen molar-refractivity contribution in [3.05, 3.63) is 35.8 Å². The maximum atomic E-state index is 4.65. The molecule has 6 heteroatoms. The molecule has 0 aliphatic carbocycles. The molecule has 2 aromatic rings. The van der Waals surface area contributed by atoms with Crippen molar-refractivity contribution in [1.29, 1.82) is 0 Å². The summed E-state index contributed by atoms with van der Waals surface area (Å²) in [6, 6.07) is 6.78. The number of rotatable bonds is 5. The predicted octanol–water partition coefficient (Wildman–Crippen LogP) is 1.79. The molecule has 1 saturated heterocycles. The van der Waals surface area contributed by atoms with Crippen LogP contribution in [-0.2, 0) is 6.54 Å². The summed E-state index contributed by atoms with van der Waals surface area (Å²) in [6.07, 6.45) is 4.65. The first-order valence-electron chi connectivity index (χ1n) is 8.83. The first-order valence-corrected chi connectivity index (χ1v) is 8.83.